The molecular formula is C19H17BrN2O3S. The average Bonchev–Trinajstić information content (AvgIpc) is 2.58. The lowest BCUT2D eigenvalue weighted by Crippen LogP contribution is -2.37. The van der Waals surface area contributed by atoms with E-state index in [-0.39, 0.29) is 6.54 Å². The highest BCUT2D eigenvalue weighted by atomic mass is 79.9. The number of hydrogen-bond donors (Lipinski definition) is 1. The summed E-state index contributed by atoms with van der Waals surface area (Å²) in [4.78, 5) is 12.4. The van der Waals surface area contributed by atoms with Crippen molar-refractivity contribution in [2.45, 2.75) is 0 Å². The molecule has 0 spiro atoms. The molecule has 0 saturated carbocycles. The number of carbonyl (C=O) groups is 1. The fourth-order valence-corrected chi connectivity index (χ4v) is 3.86. The Kier molecular flexibility index (Phi) is 5.29. The zero-order chi connectivity index (χ0) is 18.7. The molecule has 3 aromatic rings. The molecule has 7 heteroatoms. The molecule has 0 heterocycles. The molecular weight excluding hydrogens is 416 g/mol. The number of nitrogens with zero attached hydrogens (tertiary/aromatic N) is 1. The number of halogens is 1. The lowest BCUT2D eigenvalue weighted by atomic mass is 10.1. The highest BCUT2D eigenvalue weighted by Crippen LogP contribution is 2.23. The van der Waals surface area contributed by atoms with Crippen LogP contribution in [0.3, 0.4) is 0 Å². The molecule has 5 nitrogen and oxygen atoms in total. The van der Waals surface area contributed by atoms with Crippen molar-refractivity contribution in [1.82, 2.24) is 0 Å². The van der Waals surface area contributed by atoms with Gasteiger partial charge in [-0.25, -0.2) is 8.42 Å². The number of anilines is 2. The highest BCUT2D eigenvalue weighted by molar-refractivity contribution is 9.10. The molecule has 1 N–H and O–H groups in total. The summed E-state index contributed by atoms with van der Waals surface area (Å²) in [6.45, 7) is -0.303. The Labute approximate surface area is 160 Å². The van der Waals surface area contributed by atoms with Crippen LogP contribution in [0.25, 0.3) is 10.8 Å². The topological polar surface area (TPSA) is 66.5 Å². The quantitative estimate of drug-likeness (QED) is 0.662. The van der Waals surface area contributed by atoms with Crippen molar-refractivity contribution in [3.63, 3.8) is 0 Å². The minimum absolute atomic E-state index is 0.303. The first-order valence-corrected chi connectivity index (χ1v) is 10.5. The normalized spacial score (nSPS) is 11.3. The molecule has 0 saturated heterocycles. The molecule has 1 amide bonds. The molecule has 3 aromatic carbocycles. The first-order valence-electron chi connectivity index (χ1n) is 7.85. The van der Waals surface area contributed by atoms with Crippen LogP contribution >= 0.6 is 15.9 Å². The van der Waals surface area contributed by atoms with Crippen molar-refractivity contribution >= 4 is 54.0 Å². The summed E-state index contributed by atoms with van der Waals surface area (Å²) in [5.41, 5.74) is 1.05. The van der Waals surface area contributed by atoms with Crippen LogP contribution in [-0.4, -0.2) is 27.1 Å². The van der Waals surface area contributed by atoms with Gasteiger partial charge < -0.3 is 5.32 Å². The molecule has 0 unspecified atom stereocenters. The second kappa shape index (κ2) is 7.47. The van der Waals surface area contributed by atoms with Gasteiger partial charge in [0.05, 0.1) is 11.9 Å². The van der Waals surface area contributed by atoms with E-state index in [1.165, 1.54) is 0 Å². The van der Waals surface area contributed by atoms with Gasteiger partial charge in [-0.15, -0.1) is 0 Å². The SMILES string of the molecule is CS(=O)(=O)N(CC(=O)Nc1ccc2ccccc2c1)c1cccc(Br)c1. The summed E-state index contributed by atoms with van der Waals surface area (Å²) in [5.74, 6) is -0.411. The Bertz CT molecular complexity index is 1070. The first kappa shape index (κ1) is 18.4. The van der Waals surface area contributed by atoms with E-state index in [2.05, 4.69) is 21.2 Å². The minimum atomic E-state index is -3.61. The predicted octanol–water partition coefficient (Wildman–Crippen LogP) is 4.01. The number of fused-ring (bicyclic) bond motifs is 1. The van der Waals surface area contributed by atoms with Crippen LogP contribution in [0, 0.1) is 0 Å². The summed E-state index contributed by atoms with van der Waals surface area (Å²) < 4.78 is 26.1. The maximum absolute atomic E-state index is 12.4. The van der Waals surface area contributed by atoms with Gasteiger partial charge in [-0.1, -0.05) is 52.3 Å². The number of benzene rings is 3. The molecule has 134 valence electrons. The molecule has 0 aliphatic heterocycles. The smallest absolute Gasteiger partial charge is 0.245 e. The number of hydrogen-bond acceptors (Lipinski definition) is 3. The Hall–Kier alpha value is -2.38. The van der Waals surface area contributed by atoms with E-state index >= 15 is 0 Å². The van der Waals surface area contributed by atoms with Crippen LogP contribution in [0.1, 0.15) is 0 Å². The maximum Gasteiger partial charge on any atom is 0.245 e. The Morgan fingerprint density at radius 2 is 1.73 bits per heavy atom. The van der Waals surface area contributed by atoms with Crippen LogP contribution in [0.15, 0.2) is 71.2 Å². The van der Waals surface area contributed by atoms with Crippen molar-refractivity contribution in [3.05, 3.63) is 71.2 Å². The number of carbonyl (C=O) groups excluding carboxylic acids is 1. The first-order chi connectivity index (χ1) is 12.3. The van der Waals surface area contributed by atoms with E-state index < -0.39 is 15.9 Å². The van der Waals surface area contributed by atoms with E-state index in [1.807, 2.05) is 36.4 Å². The fraction of sp³-hybridized carbons (Fsp3) is 0.105. The minimum Gasteiger partial charge on any atom is -0.324 e. The maximum atomic E-state index is 12.4. The van der Waals surface area contributed by atoms with Gasteiger partial charge in [-0.3, -0.25) is 9.10 Å². The van der Waals surface area contributed by atoms with Crippen LogP contribution in [0.5, 0.6) is 0 Å². The van der Waals surface area contributed by atoms with Gasteiger partial charge in [-0.2, -0.15) is 0 Å². The summed E-state index contributed by atoms with van der Waals surface area (Å²) in [5, 5.41) is 4.83. The summed E-state index contributed by atoms with van der Waals surface area (Å²) in [6.07, 6.45) is 1.08. The van der Waals surface area contributed by atoms with Crippen molar-refractivity contribution in [1.29, 1.82) is 0 Å². The molecule has 0 atom stereocenters. The Morgan fingerprint density at radius 3 is 2.42 bits per heavy atom. The monoisotopic (exact) mass is 432 g/mol. The van der Waals surface area contributed by atoms with Crippen LogP contribution in [-0.2, 0) is 14.8 Å². The van der Waals surface area contributed by atoms with Crippen LogP contribution in [0.2, 0.25) is 0 Å². The van der Waals surface area contributed by atoms with E-state index in [9.17, 15) is 13.2 Å². The third-order valence-electron chi connectivity index (χ3n) is 3.82. The van der Waals surface area contributed by atoms with Gasteiger partial charge >= 0.3 is 0 Å². The third kappa shape index (κ3) is 4.42. The second-order valence-corrected chi connectivity index (χ2v) is 8.68. The van der Waals surface area contributed by atoms with E-state index in [0.29, 0.717) is 11.4 Å². The fourth-order valence-electron chi connectivity index (χ4n) is 2.63. The largest absolute Gasteiger partial charge is 0.324 e. The van der Waals surface area contributed by atoms with Crippen LogP contribution < -0.4 is 9.62 Å². The zero-order valence-corrected chi connectivity index (χ0v) is 16.4. The summed E-state index contributed by atoms with van der Waals surface area (Å²) in [7, 11) is -3.61. The standard InChI is InChI=1S/C19H17BrN2O3S/c1-26(24,25)22(18-8-4-7-16(20)12-18)13-19(23)21-17-10-9-14-5-2-3-6-15(14)11-17/h2-12H,13H2,1H3,(H,21,23). The van der Waals surface area contributed by atoms with Crippen LogP contribution in [0.4, 0.5) is 11.4 Å². The van der Waals surface area contributed by atoms with Crippen molar-refractivity contribution < 1.29 is 13.2 Å². The average molecular weight is 433 g/mol. The summed E-state index contributed by atoms with van der Waals surface area (Å²) >= 11 is 3.32. The number of amides is 1. The molecule has 0 fully saturated rings. The van der Waals surface area contributed by atoms with Crippen molar-refractivity contribution in [2.75, 3.05) is 22.4 Å². The molecule has 26 heavy (non-hydrogen) atoms. The second-order valence-electron chi connectivity index (χ2n) is 5.86. The van der Waals surface area contributed by atoms with E-state index in [4.69, 9.17) is 0 Å². The van der Waals surface area contributed by atoms with Gasteiger partial charge in [0.15, 0.2) is 0 Å². The van der Waals surface area contributed by atoms with Crippen molar-refractivity contribution in [3.8, 4) is 0 Å². The molecule has 3 rings (SSSR count). The number of nitrogens with one attached hydrogen (secondary N) is 1. The lowest BCUT2D eigenvalue weighted by Gasteiger charge is -2.22. The number of rotatable bonds is 5. The molecule has 0 bridgehead atoms. The Balaban J connectivity index is 1.81. The zero-order valence-electron chi connectivity index (χ0n) is 14.0. The van der Waals surface area contributed by atoms with Gasteiger partial charge in [0, 0.05) is 10.2 Å². The number of sulfonamides is 1. The van der Waals surface area contributed by atoms with E-state index in [0.717, 1.165) is 25.8 Å². The van der Waals surface area contributed by atoms with E-state index in [1.54, 1.807) is 30.3 Å². The van der Waals surface area contributed by atoms with Gasteiger partial charge in [0.25, 0.3) is 0 Å². The Morgan fingerprint density at radius 1 is 1.00 bits per heavy atom. The molecule has 0 aliphatic carbocycles. The third-order valence-corrected chi connectivity index (χ3v) is 5.45. The lowest BCUT2D eigenvalue weighted by molar-refractivity contribution is -0.114. The van der Waals surface area contributed by atoms with Gasteiger partial charge in [-0.05, 0) is 41.1 Å². The summed E-state index contributed by atoms with van der Waals surface area (Å²) in [6, 6.07) is 20.2. The van der Waals surface area contributed by atoms with Gasteiger partial charge in [0.2, 0.25) is 15.9 Å². The molecule has 0 aromatic heterocycles. The van der Waals surface area contributed by atoms with Gasteiger partial charge in [0.1, 0.15) is 6.54 Å². The molecule has 0 aliphatic rings. The highest BCUT2D eigenvalue weighted by Gasteiger charge is 2.21. The molecule has 0 radical (unpaired) electrons. The van der Waals surface area contributed by atoms with Crippen molar-refractivity contribution in [2.24, 2.45) is 0 Å². The predicted molar refractivity (Wildman–Crippen MR) is 109 cm³/mol.